The van der Waals surface area contributed by atoms with Gasteiger partial charge in [-0.15, -0.1) is 0 Å². The summed E-state index contributed by atoms with van der Waals surface area (Å²) in [6.07, 6.45) is 2.96. The Labute approximate surface area is 175 Å². The summed E-state index contributed by atoms with van der Waals surface area (Å²) in [4.78, 5) is 34.1. The monoisotopic (exact) mass is 405 g/mol. The predicted molar refractivity (Wildman–Crippen MR) is 115 cm³/mol. The summed E-state index contributed by atoms with van der Waals surface area (Å²) in [7, 11) is 1.73. The first-order valence-corrected chi connectivity index (χ1v) is 9.87. The molecule has 0 spiro atoms. The van der Waals surface area contributed by atoms with Crippen molar-refractivity contribution in [2.45, 2.75) is 33.1 Å². The fourth-order valence-electron chi connectivity index (χ4n) is 3.18. The summed E-state index contributed by atoms with van der Waals surface area (Å²) in [5, 5.41) is 0. The van der Waals surface area contributed by atoms with E-state index in [0.29, 0.717) is 30.5 Å². The lowest BCUT2D eigenvalue weighted by Crippen LogP contribution is -2.25. The summed E-state index contributed by atoms with van der Waals surface area (Å²) in [5.74, 6) is -0.462. The summed E-state index contributed by atoms with van der Waals surface area (Å²) >= 11 is 0. The average Bonchev–Trinajstić information content (AvgIpc) is 2.77. The van der Waals surface area contributed by atoms with Crippen LogP contribution in [-0.2, 0) is 11.2 Å². The number of hydrogen-bond donors (Lipinski definition) is 0. The van der Waals surface area contributed by atoms with Crippen molar-refractivity contribution in [1.82, 2.24) is 9.97 Å². The van der Waals surface area contributed by atoms with Gasteiger partial charge >= 0.3 is 0 Å². The Morgan fingerprint density at radius 1 is 1.03 bits per heavy atom. The second kappa shape index (κ2) is 9.39. The van der Waals surface area contributed by atoms with Crippen molar-refractivity contribution < 1.29 is 14.0 Å². The highest BCUT2D eigenvalue weighted by molar-refractivity contribution is 5.96. The minimum Gasteiger partial charge on any atom is -0.314 e. The standard InChI is InChI=1S/C24H24FN3O2/c1-4-24(30)28(3)20-11-12-21(26-15-20)18-5-7-19(8-6-18)22(29)13-9-17-10-14-23(25)27-16(17)2/h5-8,10-12,14-15H,4,9,13H2,1-3H3. The van der Waals surface area contributed by atoms with E-state index in [-0.39, 0.29) is 11.7 Å². The number of pyridine rings is 2. The lowest BCUT2D eigenvalue weighted by molar-refractivity contribution is -0.118. The van der Waals surface area contributed by atoms with E-state index >= 15 is 0 Å². The summed E-state index contributed by atoms with van der Waals surface area (Å²) in [6, 6.07) is 14.0. The van der Waals surface area contributed by atoms with E-state index in [4.69, 9.17) is 0 Å². The van der Waals surface area contributed by atoms with Gasteiger partial charge in [0.05, 0.1) is 17.6 Å². The van der Waals surface area contributed by atoms with Crippen molar-refractivity contribution in [1.29, 1.82) is 0 Å². The van der Waals surface area contributed by atoms with Crippen LogP contribution in [0.3, 0.4) is 0 Å². The zero-order valence-electron chi connectivity index (χ0n) is 17.4. The van der Waals surface area contributed by atoms with Crippen LogP contribution in [0.2, 0.25) is 0 Å². The first-order chi connectivity index (χ1) is 14.4. The van der Waals surface area contributed by atoms with Gasteiger partial charge in [0.1, 0.15) is 0 Å². The molecule has 0 unspecified atom stereocenters. The molecular weight excluding hydrogens is 381 g/mol. The number of amides is 1. The number of carbonyl (C=O) groups is 2. The molecular formula is C24H24FN3O2. The van der Waals surface area contributed by atoms with E-state index in [1.807, 2.05) is 31.2 Å². The highest BCUT2D eigenvalue weighted by atomic mass is 19.1. The number of aromatic nitrogens is 2. The molecule has 0 N–H and O–H groups in total. The maximum Gasteiger partial charge on any atom is 0.226 e. The fourth-order valence-corrected chi connectivity index (χ4v) is 3.18. The summed E-state index contributed by atoms with van der Waals surface area (Å²) < 4.78 is 13.1. The van der Waals surface area contributed by atoms with E-state index in [0.717, 1.165) is 22.5 Å². The van der Waals surface area contributed by atoms with Gasteiger partial charge in [-0.1, -0.05) is 37.3 Å². The number of benzene rings is 1. The van der Waals surface area contributed by atoms with Crippen LogP contribution in [0, 0.1) is 12.9 Å². The van der Waals surface area contributed by atoms with Crippen molar-refractivity contribution in [3.05, 3.63) is 77.5 Å². The molecule has 3 aromatic rings. The molecule has 0 saturated heterocycles. The quantitative estimate of drug-likeness (QED) is 0.419. The van der Waals surface area contributed by atoms with Crippen molar-refractivity contribution in [2.24, 2.45) is 0 Å². The van der Waals surface area contributed by atoms with Gasteiger partial charge in [-0.2, -0.15) is 4.39 Å². The Balaban J connectivity index is 1.65. The van der Waals surface area contributed by atoms with Crippen LogP contribution >= 0.6 is 0 Å². The van der Waals surface area contributed by atoms with Gasteiger partial charge in [-0.05, 0) is 37.1 Å². The van der Waals surface area contributed by atoms with Crippen LogP contribution in [0.4, 0.5) is 10.1 Å². The Hall–Kier alpha value is -3.41. The van der Waals surface area contributed by atoms with E-state index in [1.54, 1.807) is 43.3 Å². The molecule has 0 saturated carbocycles. The first-order valence-electron chi connectivity index (χ1n) is 9.87. The first kappa shape index (κ1) is 21.3. The predicted octanol–water partition coefficient (Wildman–Crippen LogP) is 4.78. The van der Waals surface area contributed by atoms with Crippen LogP contribution in [0.15, 0.2) is 54.7 Å². The SMILES string of the molecule is CCC(=O)N(C)c1ccc(-c2ccc(C(=O)CCc3ccc(F)nc3C)cc2)nc1. The lowest BCUT2D eigenvalue weighted by Gasteiger charge is -2.16. The molecule has 0 radical (unpaired) electrons. The molecule has 2 aromatic heterocycles. The van der Waals surface area contributed by atoms with Crippen LogP contribution in [-0.4, -0.2) is 28.7 Å². The van der Waals surface area contributed by atoms with E-state index in [1.165, 1.54) is 6.07 Å². The number of carbonyl (C=O) groups excluding carboxylic acids is 2. The minimum absolute atomic E-state index is 0.0216. The van der Waals surface area contributed by atoms with Crippen LogP contribution in [0.25, 0.3) is 11.3 Å². The molecule has 0 fully saturated rings. The molecule has 6 heteroatoms. The number of rotatable bonds is 7. The van der Waals surface area contributed by atoms with Crippen LogP contribution in [0.5, 0.6) is 0 Å². The summed E-state index contributed by atoms with van der Waals surface area (Å²) in [6.45, 7) is 3.56. The molecule has 1 amide bonds. The number of nitrogens with zero attached hydrogens (tertiary/aromatic N) is 3. The average molecular weight is 405 g/mol. The Morgan fingerprint density at radius 3 is 2.37 bits per heavy atom. The molecule has 1 aromatic carbocycles. The maximum atomic E-state index is 13.1. The number of hydrogen-bond acceptors (Lipinski definition) is 4. The number of halogens is 1. The van der Waals surface area contributed by atoms with Crippen molar-refractivity contribution in [3.63, 3.8) is 0 Å². The van der Waals surface area contributed by atoms with Gasteiger partial charge in [0.15, 0.2) is 5.78 Å². The van der Waals surface area contributed by atoms with E-state index < -0.39 is 5.95 Å². The molecule has 2 heterocycles. The Bertz CT molecular complexity index is 1050. The number of Topliss-reactive ketones (excluding diaryl/α,β-unsaturated/α-hetero) is 1. The fraction of sp³-hybridized carbons (Fsp3) is 0.250. The van der Waals surface area contributed by atoms with Crippen molar-refractivity contribution in [2.75, 3.05) is 11.9 Å². The van der Waals surface area contributed by atoms with Crippen molar-refractivity contribution >= 4 is 17.4 Å². The van der Waals surface area contributed by atoms with Gasteiger partial charge in [0, 0.05) is 36.7 Å². The largest absolute Gasteiger partial charge is 0.314 e. The van der Waals surface area contributed by atoms with E-state index in [2.05, 4.69) is 9.97 Å². The van der Waals surface area contributed by atoms with Crippen LogP contribution in [0.1, 0.15) is 41.4 Å². The third-order valence-corrected chi connectivity index (χ3v) is 5.10. The topological polar surface area (TPSA) is 63.2 Å². The smallest absolute Gasteiger partial charge is 0.226 e. The minimum atomic E-state index is -0.511. The normalized spacial score (nSPS) is 10.7. The van der Waals surface area contributed by atoms with Gasteiger partial charge in [0.2, 0.25) is 11.9 Å². The van der Waals surface area contributed by atoms with Gasteiger partial charge in [-0.3, -0.25) is 14.6 Å². The third kappa shape index (κ3) is 4.95. The molecule has 0 bridgehead atoms. The highest BCUT2D eigenvalue weighted by Crippen LogP contribution is 2.21. The molecule has 3 rings (SSSR count). The number of ketones is 1. The zero-order chi connectivity index (χ0) is 21.7. The van der Waals surface area contributed by atoms with Gasteiger partial charge in [0.25, 0.3) is 0 Å². The van der Waals surface area contributed by atoms with Crippen molar-refractivity contribution in [3.8, 4) is 11.3 Å². The van der Waals surface area contributed by atoms with Gasteiger partial charge in [-0.25, -0.2) is 4.98 Å². The molecule has 154 valence electrons. The molecule has 0 aliphatic heterocycles. The molecule has 0 aliphatic rings. The van der Waals surface area contributed by atoms with E-state index in [9.17, 15) is 14.0 Å². The molecule has 5 nitrogen and oxygen atoms in total. The molecule has 0 aliphatic carbocycles. The number of anilines is 1. The Kier molecular flexibility index (Phi) is 6.67. The second-order valence-electron chi connectivity index (χ2n) is 7.09. The third-order valence-electron chi connectivity index (χ3n) is 5.10. The molecule has 0 atom stereocenters. The Morgan fingerprint density at radius 2 is 1.77 bits per heavy atom. The lowest BCUT2D eigenvalue weighted by atomic mass is 10.0. The highest BCUT2D eigenvalue weighted by Gasteiger charge is 2.11. The zero-order valence-corrected chi connectivity index (χ0v) is 17.4. The van der Waals surface area contributed by atoms with Gasteiger partial charge < -0.3 is 4.90 Å². The second-order valence-corrected chi connectivity index (χ2v) is 7.09. The number of aryl methyl sites for hydroxylation is 2. The van der Waals surface area contributed by atoms with Crippen LogP contribution < -0.4 is 4.90 Å². The summed E-state index contributed by atoms with van der Waals surface area (Å²) in [5.41, 5.74) is 4.50. The maximum absolute atomic E-state index is 13.1. The molecule has 30 heavy (non-hydrogen) atoms.